The molecule has 1 heterocycles. The maximum atomic E-state index is 13.7. The number of aromatic amines is 1. The minimum absolute atomic E-state index is 0.260. The molecule has 2 aromatic rings. The van der Waals surface area contributed by atoms with Gasteiger partial charge in [0.15, 0.2) is 16.3 Å². The number of imidazole rings is 1. The van der Waals surface area contributed by atoms with Gasteiger partial charge in [-0.05, 0) is 38.2 Å². The number of hydrogen-bond acceptors (Lipinski definition) is 2. The van der Waals surface area contributed by atoms with Crippen molar-refractivity contribution in [1.29, 1.82) is 0 Å². The Morgan fingerprint density at radius 3 is 2.76 bits per heavy atom. The van der Waals surface area contributed by atoms with Gasteiger partial charge in [0, 0.05) is 18.0 Å². The van der Waals surface area contributed by atoms with Gasteiger partial charge in [-0.2, -0.15) is 0 Å². The Labute approximate surface area is 104 Å². The normalized spacial score (nSPS) is 10.5. The van der Waals surface area contributed by atoms with Crippen molar-refractivity contribution in [2.24, 2.45) is 0 Å². The molecule has 1 N–H and O–H groups in total. The Morgan fingerprint density at radius 1 is 1.47 bits per heavy atom. The van der Waals surface area contributed by atoms with Crippen LogP contribution in [-0.2, 0) is 0 Å². The van der Waals surface area contributed by atoms with Crippen LogP contribution in [0.25, 0.3) is 5.69 Å². The van der Waals surface area contributed by atoms with E-state index in [0.29, 0.717) is 17.1 Å². The van der Waals surface area contributed by atoms with E-state index in [1.54, 1.807) is 22.9 Å². The summed E-state index contributed by atoms with van der Waals surface area (Å²) in [5, 5.41) is 0. The number of benzene rings is 1. The molecule has 5 heteroatoms. The van der Waals surface area contributed by atoms with Crippen LogP contribution < -0.4 is 4.74 Å². The van der Waals surface area contributed by atoms with Gasteiger partial charge in [0.1, 0.15) is 0 Å². The van der Waals surface area contributed by atoms with Crippen molar-refractivity contribution >= 4 is 12.2 Å². The fourth-order valence-corrected chi connectivity index (χ4v) is 1.99. The molecule has 0 saturated carbocycles. The van der Waals surface area contributed by atoms with Crippen LogP contribution in [0.4, 0.5) is 4.39 Å². The second kappa shape index (κ2) is 4.71. The van der Waals surface area contributed by atoms with E-state index in [0.717, 1.165) is 5.69 Å². The zero-order valence-electron chi connectivity index (χ0n) is 9.66. The molecule has 1 aromatic carbocycles. The fourth-order valence-electron chi connectivity index (χ4n) is 1.68. The third-order valence-corrected chi connectivity index (χ3v) is 2.73. The molecule has 0 saturated heterocycles. The fraction of sp³-hybridized carbons (Fsp3) is 0.250. The highest BCUT2D eigenvalue weighted by Gasteiger charge is 2.07. The highest BCUT2D eigenvalue weighted by molar-refractivity contribution is 7.71. The van der Waals surface area contributed by atoms with Crippen molar-refractivity contribution in [2.75, 3.05) is 6.61 Å². The number of nitrogens with zero attached hydrogens (tertiary/aromatic N) is 1. The number of aryl methyl sites for hydroxylation is 1. The van der Waals surface area contributed by atoms with Gasteiger partial charge < -0.3 is 9.72 Å². The Morgan fingerprint density at radius 2 is 2.24 bits per heavy atom. The smallest absolute Gasteiger partial charge is 0.182 e. The lowest BCUT2D eigenvalue weighted by molar-refractivity contribution is 0.321. The molecule has 0 atom stereocenters. The summed E-state index contributed by atoms with van der Waals surface area (Å²) in [5.41, 5.74) is 1.62. The molecular weight excluding hydrogens is 239 g/mol. The zero-order chi connectivity index (χ0) is 12.4. The predicted molar refractivity (Wildman–Crippen MR) is 66.8 cm³/mol. The molecular formula is C12H13FN2OS. The average molecular weight is 252 g/mol. The first-order valence-electron chi connectivity index (χ1n) is 5.33. The van der Waals surface area contributed by atoms with Gasteiger partial charge in [-0.15, -0.1) is 0 Å². The van der Waals surface area contributed by atoms with E-state index in [4.69, 9.17) is 17.0 Å². The van der Waals surface area contributed by atoms with Crippen LogP contribution in [0.1, 0.15) is 12.6 Å². The van der Waals surface area contributed by atoms with Crippen LogP contribution in [0.5, 0.6) is 5.75 Å². The van der Waals surface area contributed by atoms with Crippen LogP contribution in [0.15, 0.2) is 24.4 Å². The summed E-state index contributed by atoms with van der Waals surface area (Å²) in [6.07, 6.45) is 1.79. The van der Waals surface area contributed by atoms with Crippen LogP contribution in [-0.4, -0.2) is 16.2 Å². The van der Waals surface area contributed by atoms with Crippen molar-refractivity contribution in [1.82, 2.24) is 9.55 Å². The molecule has 0 amide bonds. The quantitative estimate of drug-likeness (QED) is 0.849. The number of H-pyrrole nitrogens is 1. The lowest BCUT2D eigenvalue weighted by Gasteiger charge is -2.08. The van der Waals surface area contributed by atoms with E-state index < -0.39 is 0 Å². The van der Waals surface area contributed by atoms with Gasteiger partial charge in [0.2, 0.25) is 0 Å². The first kappa shape index (κ1) is 11.9. The van der Waals surface area contributed by atoms with Crippen LogP contribution in [0.2, 0.25) is 0 Å². The average Bonchev–Trinajstić information content (AvgIpc) is 2.62. The molecule has 0 aliphatic heterocycles. The topological polar surface area (TPSA) is 29.9 Å². The molecule has 3 nitrogen and oxygen atoms in total. The minimum atomic E-state index is -0.383. The Hall–Kier alpha value is -1.62. The second-order valence-electron chi connectivity index (χ2n) is 3.62. The van der Waals surface area contributed by atoms with Crippen molar-refractivity contribution in [3.05, 3.63) is 40.7 Å². The maximum Gasteiger partial charge on any atom is 0.182 e. The molecule has 0 spiro atoms. The van der Waals surface area contributed by atoms with Gasteiger partial charge >= 0.3 is 0 Å². The highest BCUT2D eigenvalue weighted by Crippen LogP contribution is 2.21. The number of ether oxygens (including phenoxy) is 1. The van der Waals surface area contributed by atoms with E-state index in [9.17, 15) is 4.39 Å². The monoisotopic (exact) mass is 252 g/mol. The molecule has 0 aliphatic rings. The summed E-state index contributed by atoms with van der Waals surface area (Å²) in [4.78, 5) is 2.92. The molecule has 0 aliphatic carbocycles. The van der Waals surface area contributed by atoms with Gasteiger partial charge in [-0.25, -0.2) is 4.39 Å². The van der Waals surface area contributed by atoms with E-state index in [1.165, 1.54) is 6.07 Å². The van der Waals surface area contributed by atoms with E-state index in [-0.39, 0.29) is 11.6 Å². The maximum absolute atomic E-state index is 13.7. The third kappa shape index (κ3) is 2.24. The minimum Gasteiger partial charge on any atom is -0.491 e. The van der Waals surface area contributed by atoms with Crippen LogP contribution >= 0.6 is 12.2 Å². The van der Waals surface area contributed by atoms with Crippen molar-refractivity contribution in [3.8, 4) is 11.4 Å². The van der Waals surface area contributed by atoms with Gasteiger partial charge in [0.05, 0.1) is 12.3 Å². The van der Waals surface area contributed by atoms with Crippen LogP contribution in [0, 0.1) is 17.5 Å². The predicted octanol–water partition coefficient (Wildman–Crippen LogP) is 3.38. The summed E-state index contributed by atoms with van der Waals surface area (Å²) >= 11 is 5.14. The van der Waals surface area contributed by atoms with Gasteiger partial charge in [0.25, 0.3) is 0 Å². The second-order valence-corrected chi connectivity index (χ2v) is 4.01. The summed E-state index contributed by atoms with van der Waals surface area (Å²) in [7, 11) is 0. The van der Waals surface area contributed by atoms with Crippen LogP contribution in [0.3, 0.4) is 0 Å². The largest absolute Gasteiger partial charge is 0.491 e. The lowest BCUT2D eigenvalue weighted by atomic mass is 10.3. The Balaban J connectivity index is 2.48. The molecule has 0 bridgehead atoms. The number of nitrogens with one attached hydrogen (secondary N) is 1. The lowest BCUT2D eigenvalue weighted by Crippen LogP contribution is -1.99. The molecule has 2 rings (SSSR count). The summed E-state index contributed by atoms with van der Waals surface area (Å²) in [6.45, 7) is 4.17. The highest BCUT2D eigenvalue weighted by atomic mass is 32.1. The third-order valence-electron chi connectivity index (χ3n) is 2.43. The molecule has 90 valence electrons. The first-order chi connectivity index (χ1) is 8.13. The number of halogens is 1. The Bertz CT molecular complexity index is 588. The number of aromatic nitrogens is 2. The SMILES string of the molecule is CCOc1ccc(-n2c(C)c[nH]c2=S)cc1F. The summed E-state index contributed by atoms with van der Waals surface area (Å²) < 4.78 is 21.2. The molecule has 0 radical (unpaired) electrons. The molecule has 17 heavy (non-hydrogen) atoms. The van der Waals surface area contributed by atoms with Gasteiger partial charge in [-0.3, -0.25) is 4.57 Å². The summed E-state index contributed by atoms with van der Waals surface area (Å²) in [5.74, 6) is -0.122. The van der Waals surface area contributed by atoms with E-state index >= 15 is 0 Å². The van der Waals surface area contributed by atoms with Crippen molar-refractivity contribution in [3.63, 3.8) is 0 Å². The van der Waals surface area contributed by atoms with E-state index in [1.807, 2.05) is 13.8 Å². The van der Waals surface area contributed by atoms with E-state index in [2.05, 4.69) is 4.98 Å². The first-order valence-corrected chi connectivity index (χ1v) is 5.74. The number of rotatable bonds is 3. The zero-order valence-corrected chi connectivity index (χ0v) is 10.5. The number of hydrogen-bond donors (Lipinski definition) is 1. The van der Waals surface area contributed by atoms with Crippen molar-refractivity contribution in [2.45, 2.75) is 13.8 Å². The van der Waals surface area contributed by atoms with Gasteiger partial charge in [-0.1, -0.05) is 0 Å². The van der Waals surface area contributed by atoms with Crippen molar-refractivity contribution < 1.29 is 9.13 Å². The summed E-state index contributed by atoms with van der Waals surface area (Å²) in [6, 6.07) is 4.81. The molecule has 0 unspecified atom stereocenters. The molecule has 1 aromatic heterocycles. The molecule has 0 fully saturated rings. The standard InChI is InChI=1S/C12H13FN2OS/c1-3-16-11-5-4-9(6-10(11)13)15-8(2)7-14-12(15)17/h4-7H,3H2,1-2H3,(H,14,17). The Kier molecular flexibility index (Phi) is 3.28.